The molecule has 142 valence electrons. The third kappa shape index (κ3) is 4.95. The van der Waals surface area contributed by atoms with Crippen LogP contribution in [-0.4, -0.2) is 55.6 Å². The van der Waals surface area contributed by atoms with E-state index in [2.05, 4.69) is 22.2 Å². The Labute approximate surface area is 157 Å². The number of ether oxygens (including phenoxy) is 1. The summed E-state index contributed by atoms with van der Waals surface area (Å²) >= 11 is 0. The highest BCUT2D eigenvalue weighted by atomic mass is 16.6. The lowest BCUT2D eigenvalue weighted by molar-refractivity contribution is -0.384. The van der Waals surface area contributed by atoms with Crippen LogP contribution in [0.25, 0.3) is 0 Å². The molecule has 0 spiro atoms. The summed E-state index contributed by atoms with van der Waals surface area (Å²) in [5.74, 6) is 0.123. The van der Waals surface area contributed by atoms with Crippen LogP contribution in [0.4, 0.5) is 17.1 Å². The van der Waals surface area contributed by atoms with Gasteiger partial charge in [0, 0.05) is 38.3 Å². The highest BCUT2D eigenvalue weighted by molar-refractivity contribution is 5.95. The minimum absolute atomic E-state index is 0.0205. The number of hydrogen-bond acceptors (Lipinski definition) is 6. The van der Waals surface area contributed by atoms with Gasteiger partial charge in [0.2, 0.25) is 0 Å². The zero-order valence-corrected chi connectivity index (χ0v) is 15.1. The SMILES string of the molecule is CN1CCN(c2ccccc2NC(=O)COc2ccc([N+](=O)[O-])cc2)CC1. The summed E-state index contributed by atoms with van der Waals surface area (Å²) in [6.07, 6.45) is 0. The lowest BCUT2D eigenvalue weighted by atomic mass is 10.2. The predicted octanol–water partition coefficient (Wildman–Crippen LogP) is 2.36. The molecule has 1 fully saturated rings. The summed E-state index contributed by atoms with van der Waals surface area (Å²) in [6.45, 7) is 3.59. The molecule has 27 heavy (non-hydrogen) atoms. The number of benzene rings is 2. The van der Waals surface area contributed by atoms with Crippen molar-refractivity contribution in [3.63, 3.8) is 0 Å². The fraction of sp³-hybridized carbons (Fsp3) is 0.316. The number of amides is 1. The van der Waals surface area contributed by atoms with Gasteiger partial charge in [-0.15, -0.1) is 0 Å². The average molecular weight is 370 g/mol. The Hall–Kier alpha value is -3.13. The fourth-order valence-electron chi connectivity index (χ4n) is 2.90. The Morgan fingerprint density at radius 2 is 1.78 bits per heavy atom. The van der Waals surface area contributed by atoms with Gasteiger partial charge in [-0.2, -0.15) is 0 Å². The van der Waals surface area contributed by atoms with Crippen LogP contribution in [0.5, 0.6) is 5.75 Å². The molecule has 1 aliphatic rings. The van der Waals surface area contributed by atoms with Crippen molar-refractivity contribution in [1.29, 1.82) is 0 Å². The molecule has 1 N–H and O–H groups in total. The van der Waals surface area contributed by atoms with E-state index in [9.17, 15) is 14.9 Å². The smallest absolute Gasteiger partial charge is 0.269 e. The lowest BCUT2D eigenvalue weighted by Gasteiger charge is -2.35. The number of rotatable bonds is 6. The molecule has 8 heteroatoms. The molecular formula is C19H22N4O4. The standard InChI is InChI=1S/C19H22N4O4/c1-21-10-12-22(13-11-21)18-5-3-2-4-17(18)20-19(24)14-27-16-8-6-15(7-9-16)23(25)26/h2-9H,10-14H2,1H3,(H,20,24). The molecule has 1 heterocycles. The van der Waals surface area contributed by atoms with Crippen molar-refractivity contribution in [2.24, 2.45) is 0 Å². The number of nitro benzene ring substituents is 1. The molecule has 1 aliphatic heterocycles. The first-order valence-electron chi connectivity index (χ1n) is 8.72. The number of nitrogens with zero attached hydrogens (tertiary/aromatic N) is 3. The number of hydrogen-bond donors (Lipinski definition) is 1. The van der Waals surface area contributed by atoms with Gasteiger partial charge in [0.05, 0.1) is 16.3 Å². The highest BCUT2D eigenvalue weighted by Crippen LogP contribution is 2.26. The van der Waals surface area contributed by atoms with Crippen LogP contribution in [0.1, 0.15) is 0 Å². The summed E-state index contributed by atoms with van der Waals surface area (Å²) in [5.41, 5.74) is 1.72. The van der Waals surface area contributed by atoms with Gasteiger partial charge < -0.3 is 19.9 Å². The van der Waals surface area contributed by atoms with Crippen LogP contribution in [0.3, 0.4) is 0 Å². The Morgan fingerprint density at radius 3 is 2.44 bits per heavy atom. The number of likely N-dealkylation sites (N-methyl/N-ethyl adjacent to an activating group) is 1. The van der Waals surface area contributed by atoms with Crippen LogP contribution < -0.4 is 15.0 Å². The molecular weight excluding hydrogens is 348 g/mol. The molecule has 0 atom stereocenters. The summed E-state index contributed by atoms with van der Waals surface area (Å²) in [5, 5.41) is 13.5. The fourth-order valence-corrected chi connectivity index (χ4v) is 2.90. The van der Waals surface area contributed by atoms with Crippen molar-refractivity contribution in [2.75, 3.05) is 50.1 Å². The molecule has 2 aromatic carbocycles. The van der Waals surface area contributed by atoms with E-state index in [4.69, 9.17) is 4.74 Å². The number of non-ortho nitro benzene ring substituents is 1. The van der Waals surface area contributed by atoms with Crippen molar-refractivity contribution in [1.82, 2.24) is 4.90 Å². The third-order valence-corrected chi connectivity index (χ3v) is 4.44. The molecule has 8 nitrogen and oxygen atoms in total. The Bertz CT molecular complexity index is 802. The topological polar surface area (TPSA) is 88.0 Å². The monoisotopic (exact) mass is 370 g/mol. The molecule has 1 amide bonds. The maximum atomic E-state index is 12.3. The van der Waals surface area contributed by atoms with Gasteiger partial charge in [-0.25, -0.2) is 0 Å². The van der Waals surface area contributed by atoms with Crippen molar-refractivity contribution in [3.05, 3.63) is 58.6 Å². The van der Waals surface area contributed by atoms with Crippen LogP contribution in [0.2, 0.25) is 0 Å². The molecule has 0 aliphatic carbocycles. The number of carbonyl (C=O) groups excluding carboxylic acids is 1. The predicted molar refractivity (Wildman–Crippen MR) is 103 cm³/mol. The van der Waals surface area contributed by atoms with E-state index in [-0.39, 0.29) is 18.2 Å². The second-order valence-electron chi connectivity index (χ2n) is 6.40. The minimum atomic E-state index is -0.480. The van der Waals surface area contributed by atoms with E-state index in [1.165, 1.54) is 24.3 Å². The van der Waals surface area contributed by atoms with E-state index < -0.39 is 4.92 Å². The van der Waals surface area contributed by atoms with E-state index >= 15 is 0 Å². The molecule has 0 bridgehead atoms. The van der Waals surface area contributed by atoms with E-state index in [1.807, 2.05) is 24.3 Å². The Balaban J connectivity index is 1.58. The van der Waals surface area contributed by atoms with Crippen LogP contribution in [0.15, 0.2) is 48.5 Å². The van der Waals surface area contributed by atoms with Crippen molar-refractivity contribution in [2.45, 2.75) is 0 Å². The zero-order chi connectivity index (χ0) is 19.2. The maximum Gasteiger partial charge on any atom is 0.269 e. The van der Waals surface area contributed by atoms with Crippen LogP contribution >= 0.6 is 0 Å². The summed E-state index contributed by atoms with van der Waals surface area (Å²) in [4.78, 5) is 27.0. The molecule has 0 unspecified atom stereocenters. The average Bonchev–Trinajstić information content (AvgIpc) is 2.68. The maximum absolute atomic E-state index is 12.3. The van der Waals surface area contributed by atoms with Crippen LogP contribution in [-0.2, 0) is 4.79 Å². The quantitative estimate of drug-likeness (QED) is 0.620. The van der Waals surface area contributed by atoms with E-state index in [1.54, 1.807) is 0 Å². The first-order chi connectivity index (χ1) is 13.0. The van der Waals surface area contributed by atoms with Crippen molar-refractivity contribution >= 4 is 23.0 Å². The largest absolute Gasteiger partial charge is 0.484 e. The van der Waals surface area contributed by atoms with E-state index in [0.717, 1.165) is 37.6 Å². The molecule has 0 radical (unpaired) electrons. The van der Waals surface area contributed by atoms with Gasteiger partial charge in [0.15, 0.2) is 6.61 Å². The number of piperazine rings is 1. The number of nitrogens with one attached hydrogen (secondary N) is 1. The number of nitro groups is 1. The first kappa shape index (κ1) is 18.7. The zero-order valence-electron chi connectivity index (χ0n) is 15.1. The van der Waals surface area contributed by atoms with E-state index in [0.29, 0.717) is 5.75 Å². The second-order valence-corrected chi connectivity index (χ2v) is 6.40. The van der Waals surface area contributed by atoms with Gasteiger partial charge >= 0.3 is 0 Å². The van der Waals surface area contributed by atoms with Crippen LogP contribution in [0, 0.1) is 10.1 Å². The van der Waals surface area contributed by atoms with Gasteiger partial charge in [-0.05, 0) is 31.3 Å². The van der Waals surface area contributed by atoms with Crippen molar-refractivity contribution < 1.29 is 14.5 Å². The third-order valence-electron chi connectivity index (χ3n) is 4.44. The molecule has 0 saturated carbocycles. The molecule has 3 rings (SSSR count). The summed E-state index contributed by atoms with van der Waals surface area (Å²) in [6, 6.07) is 13.3. The Kier molecular flexibility index (Phi) is 5.87. The minimum Gasteiger partial charge on any atom is -0.484 e. The molecule has 0 aromatic heterocycles. The highest BCUT2D eigenvalue weighted by Gasteiger charge is 2.17. The lowest BCUT2D eigenvalue weighted by Crippen LogP contribution is -2.44. The second kappa shape index (κ2) is 8.50. The number of carbonyl (C=O) groups is 1. The van der Waals surface area contributed by atoms with Gasteiger partial charge in [-0.3, -0.25) is 14.9 Å². The summed E-state index contributed by atoms with van der Waals surface area (Å²) < 4.78 is 5.42. The first-order valence-corrected chi connectivity index (χ1v) is 8.72. The number of para-hydroxylation sites is 2. The molecule has 2 aromatic rings. The normalized spacial score (nSPS) is 14.6. The van der Waals surface area contributed by atoms with Gasteiger partial charge in [0.1, 0.15) is 5.75 Å². The Morgan fingerprint density at radius 1 is 1.11 bits per heavy atom. The number of anilines is 2. The van der Waals surface area contributed by atoms with Gasteiger partial charge in [-0.1, -0.05) is 12.1 Å². The van der Waals surface area contributed by atoms with Gasteiger partial charge in [0.25, 0.3) is 11.6 Å². The molecule has 1 saturated heterocycles. The summed E-state index contributed by atoms with van der Waals surface area (Å²) in [7, 11) is 2.10. The van der Waals surface area contributed by atoms with Crippen molar-refractivity contribution in [3.8, 4) is 5.75 Å².